The number of hydrogen-bond donors (Lipinski definition) is 2. The van der Waals surface area contributed by atoms with Gasteiger partial charge < -0.3 is 10.5 Å². The van der Waals surface area contributed by atoms with Crippen molar-refractivity contribution in [2.45, 2.75) is 20.4 Å². The Morgan fingerprint density at radius 2 is 2.15 bits per heavy atom. The summed E-state index contributed by atoms with van der Waals surface area (Å²) in [5, 5.41) is 12.6. The first-order valence-electron chi connectivity index (χ1n) is 6.15. The SMILES string of the molecule is COc1cc(Cn2nc(C)c(Cl)c2C)ccc1C(=N)N. The topological polar surface area (TPSA) is 76.9 Å². The summed E-state index contributed by atoms with van der Waals surface area (Å²) < 4.78 is 7.11. The quantitative estimate of drug-likeness (QED) is 0.671. The van der Waals surface area contributed by atoms with Crippen LogP contribution in [0.3, 0.4) is 0 Å². The average Bonchev–Trinajstić information content (AvgIpc) is 2.66. The Bertz CT molecular complexity index is 663. The van der Waals surface area contributed by atoms with E-state index in [0.717, 1.165) is 17.0 Å². The number of nitrogen functional groups attached to an aromatic ring is 1. The zero-order valence-corrected chi connectivity index (χ0v) is 12.5. The summed E-state index contributed by atoms with van der Waals surface area (Å²) in [5.41, 5.74) is 8.85. The highest BCUT2D eigenvalue weighted by Crippen LogP contribution is 2.23. The number of amidine groups is 1. The van der Waals surface area contributed by atoms with Crippen molar-refractivity contribution in [3.63, 3.8) is 0 Å². The number of halogens is 1. The van der Waals surface area contributed by atoms with Gasteiger partial charge >= 0.3 is 0 Å². The summed E-state index contributed by atoms with van der Waals surface area (Å²) in [4.78, 5) is 0. The molecule has 3 N–H and O–H groups in total. The minimum Gasteiger partial charge on any atom is -0.496 e. The lowest BCUT2D eigenvalue weighted by atomic mass is 10.1. The van der Waals surface area contributed by atoms with Gasteiger partial charge in [-0.25, -0.2) is 0 Å². The summed E-state index contributed by atoms with van der Waals surface area (Å²) in [6.45, 7) is 4.41. The van der Waals surface area contributed by atoms with Gasteiger partial charge in [0.15, 0.2) is 0 Å². The lowest BCUT2D eigenvalue weighted by Gasteiger charge is -2.10. The molecule has 0 radical (unpaired) electrons. The molecule has 106 valence electrons. The molecule has 0 amide bonds. The van der Waals surface area contributed by atoms with Crippen LogP contribution in [0.25, 0.3) is 0 Å². The molecule has 0 bridgehead atoms. The van der Waals surface area contributed by atoms with E-state index in [2.05, 4.69) is 5.10 Å². The highest BCUT2D eigenvalue weighted by Gasteiger charge is 2.11. The summed E-state index contributed by atoms with van der Waals surface area (Å²) in [5.74, 6) is 0.574. The minimum absolute atomic E-state index is 0.0115. The van der Waals surface area contributed by atoms with Gasteiger partial charge in [-0.15, -0.1) is 0 Å². The van der Waals surface area contributed by atoms with Crippen LogP contribution in [-0.2, 0) is 6.54 Å². The maximum absolute atomic E-state index is 7.50. The van der Waals surface area contributed by atoms with Crippen LogP contribution in [0.5, 0.6) is 5.75 Å². The van der Waals surface area contributed by atoms with Gasteiger partial charge in [0.25, 0.3) is 0 Å². The van der Waals surface area contributed by atoms with Gasteiger partial charge in [0.05, 0.1) is 35.6 Å². The molecule has 2 rings (SSSR count). The molecule has 0 saturated heterocycles. The third-order valence-corrected chi connectivity index (χ3v) is 3.73. The molecule has 1 aromatic heterocycles. The number of aryl methyl sites for hydroxylation is 1. The van der Waals surface area contributed by atoms with Crippen molar-refractivity contribution in [3.05, 3.63) is 45.7 Å². The van der Waals surface area contributed by atoms with Crippen LogP contribution in [-0.4, -0.2) is 22.7 Å². The van der Waals surface area contributed by atoms with E-state index in [1.54, 1.807) is 13.2 Å². The molecule has 5 nitrogen and oxygen atoms in total. The molecule has 0 aliphatic carbocycles. The van der Waals surface area contributed by atoms with Crippen molar-refractivity contribution in [2.75, 3.05) is 7.11 Å². The first-order valence-corrected chi connectivity index (χ1v) is 6.52. The summed E-state index contributed by atoms with van der Waals surface area (Å²) >= 11 is 6.14. The monoisotopic (exact) mass is 292 g/mol. The Morgan fingerprint density at radius 3 is 2.65 bits per heavy atom. The van der Waals surface area contributed by atoms with E-state index in [1.807, 2.05) is 30.7 Å². The van der Waals surface area contributed by atoms with Crippen LogP contribution >= 0.6 is 11.6 Å². The zero-order chi connectivity index (χ0) is 14.9. The third kappa shape index (κ3) is 2.63. The Balaban J connectivity index is 2.34. The summed E-state index contributed by atoms with van der Waals surface area (Å²) in [6, 6.07) is 5.55. The smallest absolute Gasteiger partial charge is 0.130 e. The van der Waals surface area contributed by atoms with Crippen molar-refractivity contribution in [1.82, 2.24) is 9.78 Å². The lowest BCUT2D eigenvalue weighted by molar-refractivity contribution is 0.413. The molecular formula is C14H17ClN4O. The van der Waals surface area contributed by atoms with Crippen LogP contribution in [0, 0.1) is 19.3 Å². The van der Waals surface area contributed by atoms with E-state index in [4.69, 9.17) is 27.5 Å². The second kappa shape index (κ2) is 5.54. The Kier molecular flexibility index (Phi) is 3.99. The van der Waals surface area contributed by atoms with Gasteiger partial charge in [0, 0.05) is 0 Å². The van der Waals surface area contributed by atoms with E-state index in [1.165, 1.54) is 0 Å². The molecule has 0 aliphatic rings. The van der Waals surface area contributed by atoms with E-state index < -0.39 is 0 Å². The van der Waals surface area contributed by atoms with Gasteiger partial charge in [-0.05, 0) is 31.5 Å². The number of ether oxygens (including phenoxy) is 1. The molecule has 0 fully saturated rings. The number of methoxy groups -OCH3 is 1. The number of nitrogens with two attached hydrogens (primary N) is 1. The third-order valence-electron chi connectivity index (χ3n) is 3.18. The molecule has 0 atom stereocenters. The number of nitrogens with zero attached hydrogens (tertiary/aromatic N) is 2. The first kappa shape index (κ1) is 14.4. The van der Waals surface area contributed by atoms with Crippen molar-refractivity contribution in [1.29, 1.82) is 5.41 Å². The minimum atomic E-state index is -0.0115. The molecule has 0 spiro atoms. The van der Waals surface area contributed by atoms with E-state index in [0.29, 0.717) is 22.9 Å². The number of benzene rings is 1. The summed E-state index contributed by atoms with van der Waals surface area (Å²) in [6.07, 6.45) is 0. The molecule has 1 aromatic carbocycles. The van der Waals surface area contributed by atoms with Crippen LogP contribution in [0.4, 0.5) is 0 Å². The molecule has 0 unspecified atom stereocenters. The molecule has 2 aromatic rings. The van der Waals surface area contributed by atoms with Gasteiger partial charge in [-0.1, -0.05) is 17.7 Å². The summed E-state index contributed by atoms with van der Waals surface area (Å²) in [7, 11) is 1.56. The number of aromatic nitrogens is 2. The van der Waals surface area contributed by atoms with E-state index in [-0.39, 0.29) is 5.84 Å². The lowest BCUT2D eigenvalue weighted by Crippen LogP contribution is -2.13. The second-order valence-corrected chi connectivity index (χ2v) is 4.97. The Morgan fingerprint density at radius 1 is 1.45 bits per heavy atom. The van der Waals surface area contributed by atoms with Gasteiger partial charge in [0.1, 0.15) is 11.6 Å². The van der Waals surface area contributed by atoms with Crippen LogP contribution in [0.1, 0.15) is 22.5 Å². The van der Waals surface area contributed by atoms with Crippen molar-refractivity contribution in [2.24, 2.45) is 5.73 Å². The van der Waals surface area contributed by atoms with E-state index in [9.17, 15) is 0 Å². The number of hydrogen-bond acceptors (Lipinski definition) is 3. The predicted molar refractivity (Wildman–Crippen MR) is 79.8 cm³/mol. The predicted octanol–water partition coefficient (Wildman–Crippen LogP) is 2.49. The highest BCUT2D eigenvalue weighted by molar-refractivity contribution is 6.31. The normalized spacial score (nSPS) is 10.6. The molecule has 6 heteroatoms. The number of rotatable bonds is 4. The molecule has 0 saturated carbocycles. The van der Waals surface area contributed by atoms with Gasteiger partial charge in [-0.2, -0.15) is 5.10 Å². The van der Waals surface area contributed by atoms with Gasteiger partial charge in [-0.3, -0.25) is 10.1 Å². The number of nitrogens with one attached hydrogen (secondary N) is 1. The Labute approximate surface area is 122 Å². The van der Waals surface area contributed by atoms with Crippen molar-refractivity contribution in [3.8, 4) is 5.75 Å². The van der Waals surface area contributed by atoms with Crippen molar-refractivity contribution < 1.29 is 4.74 Å². The van der Waals surface area contributed by atoms with Crippen molar-refractivity contribution >= 4 is 17.4 Å². The first-order chi connectivity index (χ1) is 9.43. The van der Waals surface area contributed by atoms with Crippen LogP contribution < -0.4 is 10.5 Å². The standard InChI is InChI=1S/C14H17ClN4O/c1-8-13(15)9(2)19(18-8)7-10-4-5-11(14(16)17)12(6-10)20-3/h4-6H,7H2,1-3H3,(H3,16,17). The zero-order valence-electron chi connectivity index (χ0n) is 11.7. The fraction of sp³-hybridized carbons (Fsp3) is 0.286. The maximum atomic E-state index is 7.50. The second-order valence-electron chi connectivity index (χ2n) is 4.59. The van der Waals surface area contributed by atoms with Crippen LogP contribution in [0.2, 0.25) is 5.02 Å². The highest BCUT2D eigenvalue weighted by atomic mass is 35.5. The fourth-order valence-corrected chi connectivity index (χ4v) is 2.19. The molecular weight excluding hydrogens is 276 g/mol. The largest absolute Gasteiger partial charge is 0.496 e. The molecule has 0 aliphatic heterocycles. The van der Waals surface area contributed by atoms with E-state index >= 15 is 0 Å². The molecule has 20 heavy (non-hydrogen) atoms. The fourth-order valence-electron chi connectivity index (χ4n) is 2.06. The van der Waals surface area contributed by atoms with Gasteiger partial charge in [0.2, 0.25) is 0 Å². The Hall–Kier alpha value is -2.01. The maximum Gasteiger partial charge on any atom is 0.130 e. The molecule has 1 heterocycles. The van der Waals surface area contributed by atoms with Crippen LogP contribution in [0.15, 0.2) is 18.2 Å². The average molecular weight is 293 g/mol.